The number of amides is 4. The van der Waals surface area contributed by atoms with Crippen LogP contribution in [0.3, 0.4) is 0 Å². The number of aromatic nitrogens is 2. The molecule has 0 saturated carbocycles. The largest absolute Gasteiger partial charge is 0.392 e. The normalized spacial score (nSPS) is 16.4. The van der Waals surface area contributed by atoms with Gasteiger partial charge in [-0.25, -0.2) is 14.6 Å². The third kappa shape index (κ3) is 4.62. The van der Waals surface area contributed by atoms with Crippen LogP contribution in [-0.2, 0) is 19.7 Å². The fourth-order valence-corrected chi connectivity index (χ4v) is 6.03. The number of carbonyl (C=O) groups excluding carboxylic acids is 2. The number of aliphatic hydroxyl groups is 1. The van der Waals surface area contributed by atoms with Crippen LogP contribution in [0.4, 0.5) is 15.3 Å². The fourth-order valence-electron chi connectivity index (χ4n) is 6.03. The molecular formula is C32H32N6O3. The van der Waals surface area contributed by atoms with Gasteiger partial charge in [-0.2, -0.15) is 0 Å². The molecule has 9 nitrogen and oxygen atoms in total. The van der Waals surface area contributed by atoms with Crippen LogP contribution >= 0.6 is 0 Å². The van der Waals surface area contributed by atoms with Gasteiger partial charge in [-0.05, 0) is 58.9 Å². The first kappa shape index (κ1) is 25.3. The monoisotopic (exact) mass is 548 g/mol. The lowest BCUT2D eigenvalue weighted by Gasteiger charge is -2.37. The van der Waals surface area contributed by atoms with Crippen LogP contribution in [0.5, 0.6) is 0 Å². The molecule has 1 fully saturated rings. The van der Waals surface area contributed by atoms with Crippen LogP contribution in [0.2, 0.25) is 0 Å². The number of aliphatic hydroxyl groups excluding tert-OH is 1. The quantitative estimate of drug-likeness (QED) is 0.327. The summed E-state index contributed by atoms with van der Waals surface area (Å²) in [4.78, 5) is 39.4. The number of hydrogen-bond acceptors (Lipinski definition) is 4. The fraction of sp³-hybridized carbons (Fsp3) is 0.281. The van der Waals surface area contributed by atoms with Gasteiger partial charge in [0.1, 0.15) is 5.65 Å². The summed E-state index contributed by atoms with van der Waals surface area (Å²) < 4.78 is 0. The second-order valence-corrected chi connectivity index (χ2v) is 10.9. The number of fused-ring (bicyclic) bond motifs is 2. The molecule has 4 aromatic rings. The van der Waals surface area contributed by atoms with Crippen molar-refractivity contribution >= 4 is 34.4 Å². The molecule has 7 rings (SSSR count). The van der Waals surface area contributed by atoms with E-state index in [0.29, 0.717) is 37.4 Å². The number of rotatable bonds is 4. The topological polar surface area (TPSA) is 105 Å². The Morgan fingerprint density at radius 3 is 2.41 bits per heavy atom. The minimum atomic E-state index is -0.223. The Bertz CT molecular complexity index is 1660. The lowest BCUT2D eigenvalue weighted by atomic mass is 9.96. The van der Waals surface area contributed by atoms with E-state index in [4.69, 9.17) is 0 Å². The van der Waals surface area contributed by atoms with E-state index < -0.39 is 0 Å². The van der Waals surface area contributed by atoms with E-state index in [1.807, 2.05) is 46.2 Å². The number of nitrogens with one attached hydrogen (secondary N) is 2. The molecule has 2 aromatic carbocycles. The molecule has 0 aliphatic carbocycles. The van der Waals surface area contributed by atoms with Crippen LogP contribution < -0.4 is 5.32 Å². The third-order valence-electron chi connectivity index (χ3n) is 8.48. The summed E-state index contributed by atoms with van der Waals surface area (Å²) >= 11 is 0. The number of urea groups is 2. The molecule has 0 bridgehead atoms. The van der Waals surface area contributed by atoms with Crippen LogP contribution in [0.1, 0.15) is 35.2 Å². The van der Waals surface area contributed by atoms with Crippen molar-refractivity contribution in [3.63, 3.8) is 0 Å². The van der Waals surface area contributed by atoms with Gasteiger partial charge in [0.25, 0.3) is 0 Å². The Hall–Kier alpha value is -4.63. The maximum Gasteiger partial charge on any atom is 0.322 e. The van der Waals surface area contributed by atoms with Gasteiger partial charge >= 0.3 is 12.1 Å². The molecule has 0 unspecified atom stereocenters. The molecule has 1 saturated heterocycles. The average molecular weight is 549 g/mol. The van der Waals surface area contributed by atoms with E-state index in [9.17, 15) is 14.7 Å². The van der Waals surface area contributed by atoms with E-state index in [2.05, 4.69) is 39.6 Å². The number of pyridine rings is 1. The highest BCUT2D eigenvalue weighted by atomic mass is 16.3. The van der Waals surface area contributed by atoms with Crippen molar-refractivity contribution in [3.05, 3.63) is 89.3 Å². The first-order chi connectivity index (χ1) is 20.1. The molecule has 208 valence electrons. The van der Waals surface area contributed by atoms with E-state index in [1.165, 1.54) is 0 Å². The third-order valence-corrected chi connectivity index (χ3v) is 8.48. The summed E-state index contributed by atoms with van der Waals surface area (Å²) in [6.07, 6.45) is 5.74. The molecule has 0 atom stereocenters. The summed E-state index contributed by atoms with van der Waals surface area (Å²) in [6, 6.07) is 17.8. The number of carbonyl (C=O) groups is 2. The highest BCUT2D eigenvalue weighted by molar-refractivity contribution is 5.98. The van der Waals surface area contributed by atoms with E-state index >= 15 is 0 Å². The Morgan fingerprint density at radius 2 is 1.73 bits per heavy atom. The number of H-pyrrole nitrogens is 1. The van der Waals surface area contributed by atoms with Crippen LogP contribution in [0.25, 0.3) is 27.7 Å². The first-order valence-electron chi connectivity index (χ1n) is 14.2. The molecule has 3 N–H and O–H groups in total. The van der Waals surface area contributed by atoms with Crippen LogP contribution in [-0.4, -0.2) is 68.0 Å². The molecule has 5 heterocycles. The van der Waals surface area contributed by atoms with Gasteiger partial charge in [-0.3, -0.25) is 0 Å². The van der Waals surface area contributed by atoms with Gasteiger partial charge in [0.2, 0.25) is 0 Å². The molecule has 41 heavy (non-hydrogen) atoms. The van der Waals surface area contributed by atoms with Crippen molar-refractivity contribution in [2.45, 2.75) is 32.5 Å². The van der Waals surface area contributed by atoms with Crippen LogP contribution in [0, 0.1) is 0 Å². The predicted octanol–water partition coefficient (Wildman–Crippen LogP) is 5.18. The first-order valence-corrected chi connectivity index (χ1v) is 14.2. The minimum Gasteiger partial charge on any atom is -0.392 e. The molecule has 4 amide bonds. The van der Waals surface area contributed by atoms with Crippen LogP contribution in [0.15, 0.2) is 66.9 Å². The Morgan fingerprint density at radius 1 is 0.927 bits per heavy atom. The lowest BCUT2D eigenvalue weighted by Crippen LogP contribution is -2.50. The maximum atomic E-state index is 13.2. The lowest BCUT2D eigenvalue weighted by molar-refractivity contribution is 0.130. The number of nitrogens with zero attached hydrogens (tertiary/aromatic N) is 4. The van der Waals surface area contributed by atoms with Gasteiger partial charge in [-0.1, -0.05) is 42.5 Å². The molecule has 3 aliphatic heterocycles. The minimum absolute atomic E-state index is 0.130. The summed E-state index contributed by atoms with van der Waals surface area (Å²) in [5.41, 5.74) is 8.24. The molecule has 0 spiro atoms. The highest BCUT2D eigenvalue weighted by Crippen LogP contribution is 2.36. The summed E-state index contributed by atoms with van der Waals surface area (Å²) in [5, 5.41) is 14.4. The second kappa shape index (κ2) is 10.4. The predicted molar refractivity (Wildman–Crippen MR) is 158 cm³/mol. The van der Waals surface area contributed by atoms with Crippen molar-refractivity contribution in [2.75, 3.05) is 31.5 Å². The zero-order valence-corrected chi connectivity index (χ0v) is 22.8. The van der Waals surface area contributed by atoms with E-state index in [1.54, 1.807) is 11.1 Å². The van der Waals surface area contributed by atoms with Crippen molar-refractivity contribution in [2.24, 2.45) is 0 Å². The Balaban J connectivity index is 1.14. The molecule has 0 radical (unpaired) electrons. The number of benzene rings is 2. The number of aromatic amines is 1. The van der Waals surface area contributed by atoms with Gasteiger partial charge < -0.3 is 30.1 Å². The standard InChI is InChI=1S/C32H32N6O3/c39-20-27-24(7-3-8-28(27)35-31(40)38-18-22-5-1-2-6-23(22)19-38)25-9-12-33-30-26(25)17-29(34-30)21-10-15-37(16-11-21)32(41)36-13-4-14-36/h1-3,5-10,12,17,39H,4,11,13-16,18-20H2,(H,33,34)(H,35,40). The van der Waals surface area contributed by atoms with Crippen molar-refractivity contribution in [1.82, 2.24) is 24.7 Å². The second-order valence-electron chi connectivity index (χ2n) is 10.9. The summed E-state index contributed by atoms with van der Waals surface area (Å²) in [7, 11) is 0. The van der Waals surface area contributed by atoms with Gasteiger partial charge in [0.05, 0.1) is 6.61 Å². The molecule has 2 aromatic heterocycles. The van der Waals surface area contributed by atoms with E-state index in [-0.39, 0.29) is 18.7 Å². The zero-order valence-electron chi connectivity index (χ0n) is 22.8. The van der Waals surface area contributed by atoms with Gasteiger partial charge in [-0.15, -0.1) is 0 Å². The molecule has 3 aliphatic rings. The Labute approximate surface area is 238 Å². The SMILES string of the molecule is O=C(Nc1cccc(-c2ccnc3[nH]c(C4=CCN(C(=O)N5CCC5)CC4)cc23)c1CO)N1Cc2ccccc2C1. The zero-order chi connectivity index (χ0) is 27.9. The van der Waals surface area contributed by atoms with Crippen molar-refractivity contribution < 1.29 is 14.7 Å². The smallest absolute Gasteiger partial charge is 0.322 e. The average Bonchev–Trinajstić information content (AvgIpc) is 3.61. The summed E-state index contributed by atoms with van der Waals surface area (Å²) in [5.74, 6) is 0. The number of likely N-dealkylation sites (tertiary alicyclic amines) is 1. The number of hydrogen-bond donors (Lipinski definition) is 3. The molecule has 9 heteroatoms. The van der Waals surface area contributed by atoms with Gasteiger partial charge in [0.15, 0.2) is 0 Å². The van der Waals surface area contributed by atoms with Gasteiger partial charge in [0, 0.05) is 67.8 Å². The summed E-state index contributed by atoms with van der Waals surface area (Å²) in [6.45, 7) is 3.90. The maximum absolute atomic E-state index is 13.2. The van der Waals surface area contributed by atoms with E-state index in [0.717, 1.165) is 70.5 Å². The highest BCUT2D eigenvalue weighted by Gasteiger charge is 2.27. The molecular weight excluding hydrogens is 516 g/mol. The van der Waals surface area contributed by atoms with Crippen molar-refractivity contribution in [1.29, 1.82) is 0 Å². The number of anilines is 1. The Kier molecular flexibility index (Phi) is 6.43. The van der Waals surface area contributed by atoms with Crippen molar-refractivity contribution in [3.8, 4) is 11.1 Å².